The van der Waals surface area contributed by atoms with E-state index in [9.17, 15) is 0 Å². The third kappa shape index (κ3) is 3.00. The number of aryl methyl sites for hydroxylation is 1. The van der Waals surface area contributed by atoms with Gasteiger partial charge in [0, 0.05) is 43.4 Å². The molecule has 0 amide bonds. The van der Waals surface area contributed by atoms with Crippen LogP contribution >= 0.6 is 15.9 Å². The number of pyridine rings is 1. The molecular formula is C11H16BrN3. The summed E-state index contributed by atoms with van der Waals surface area (Å²) in [5.74, 6) is 0. The van der Waals surface area contributed by atoms with Crippen LogP contribution in [0.25, 0.3) is 0 Å². The number of rotatable bonds is 2. The summed E-state index contributed by atoms with van der Waals surface area (Å²) in [4.78, 5) is 6.86. The van der Waals surface area contributed by atoms with E-state index in [-0.39, 0.29) is 0 Å². The number of piperazine rings is 1. The highest BCUT2D eigenvalue weighted by Gasteiger charge is 2.10. The molecule has 0 unspecified atom stereocenters. The number of aromatic nitrogens is 1. The highest BCUT2D eigenvalue weighted by Crippen LogP contribution is 2.15. The third-order valence-corrected chi connectivity index (χ3v) is 3.53. The Balaban J connectivity index is 2.00. The minimum absolute atomic E-state index is 0.968. The molecule has 2 rings (SSSR count). The van der Waals surface area contributed by atoms with Gasteiger partial charge in [-0.3, -0.25) is 9.88 Å². The summed E-state index contributed by atoms with van der Waals surface area (Å²) in [7, 11) is 0. The molecule has 1 saturated heterocycles. The summed E-state index contributed by atoms with van der Waals surface area (Å²) < 4.78 is 1.09. The van der Waals surface area contributed by atoms with Gasteiger partial charge in [0.15, 0.2) is 0 Å². The van der Waals surface area contributed by atoms with Gasteiger partial charge in [0.25, 0.3) is 0 Å². The molecule has 0 saturated carbocycles. The highest BCUT2D eigenvalue weighted by atomic mass is 79.9. The fraction of sp³-hybridized carbons (Fsp3) is 0.545. The van der Waals surface area contributed by atoms with Crippen molar-refractivity contribution in [1.82, 2.24) is 15.2 Å². The largest absolute Gasteiger partial charge is 0.314 e. The molecule has 1 aromatic rings. The molecule has 1 aromatic heterocycles. The van der Waals surface area contributed by atoms with Crippen molar-refractivity contribution in [3.8, 4) is 0 Å². The Morgan fingerprint density at radius 1 is 1.47 bits per heavy atom. The second-order valence-electron chi connectivity index (χ2n) is 3.95. The lowest BCUT2D eigenvalue weighted by atomic mass is 10.2. The second kappa shape index (κ2) is 5.05. The molecule has 1 aliphatic rings. The first-order valence-corrected chi connectivity index (χ1v) is 6.09. The number of hydrogen-bond acceptors (Lipinski definition) is 3. The predicted molar refractivity (Wildman–Crippen MR) is 64.8 cm³/mol. The first kappa shape index (κ1) is 11.0. The van der Waals surface area contributed by atoms with E-state index < -0.39 is 0 Å². The van der Waals surface area contributed by atoms with Crippen molar-refractivity contribution in [1.29, 1.82) is 0 Å². The molecule has 0 radical (unpaired) electrons. The van der Waals surface area contributed by atoms with Crippen LogP contribution in [-0.4, -0.2) is 36.1 Å². The van der Waals surface area contributed by atoms with Crippen molar-refractivity contribution in [2.45, 2.75) is 13.5 Å². The maximum atomic E-state index is 4.42. The highest BCUT2D eigenvalue weighted by molar-refractivity contribution is 9.10. The van der Waals surface area contributed by atoms with E-state index in [0.29, 0.717) is 0 Å². The van der Waals surface area contributed by atoms with Gasteiger partial charge >= 0.3 is 0 Å². The van der Waals surface area contributed by atoms with Gasteiger partial charge in [0.2, 0.25) is 0 Å². The van der Waals surface area contributed by atoms with Crippen molar-refractivity contribution in [3.05, 3.63) is 28.0 Å². The Kier molecular flexibility index (Phi) is 3.72. The SMILES string of the molecule is Cc1cc(CN2CCNCC2)ncc1Br. The maximum absolute atomic E-state index is 4.42. The van der Waals surface area contributed by atoms with E-state index in [1.165, 1.54) is 5.56 Å². The Morgan fingerprint density at radius 3 is 2.87 bits per heavy atom. The zero-order valence-electron chi connectivity index (χ0n) is 8.96. The average Bonchev–Trinajstić information content (AvgIpc) is 2.25. The fourth-order valence-electron chi connectivity index (χ4n) is 1.78. The lowest BCUT2D eigenvalue weighted by Crippen LogP contribution is -2.43. The average molecular weight is 270 g/mol. The summed E-state index contributed by atoms with van der Waals surface area (Å²) in [6.07, 6.45) is 1.90. The molecule has 1 N–H and O–H groups in total. The lowest BCUT2D eigenvalue weighted by molar-refractivity contribution is 0.230. The van der Waals surface area contributed by atoms with Crippen LogP contribution in [0.1, 0.15) is 11.3 Å². The minimum atomic E-state index is 0.968. The molecule has 1 fully saturated rings. The van der Waals surface area contributed by atoms with Crippen LogP contribution < -0.4 is 5.32 Å². The lowest BCUT2D eigenvalue weighted by Gasteiger charge is -2.26. The van der Waals surface area contributed by atoms with Gasteiger partial charge in [-0.15, -0.1) is 0 Å². The van der Waals surface area contributed by atoms with E-state index in [4.69, 9.17) is 0 Å². The topological polar surface area (TPSA) is 28.2 Å². The third-order valence-electron chi connectivity index (χ3n) is 2.70. The second-order valence-corrected chi connectivity index (χ2v) is 4.81. The Bertz CT molecular complexity index is 335. The standard InChI is InChI=1S/C11H16BrN3/c1-9-6-10(14-7-11(9)12)8-15-4-2-13-3-5-15/h6-7,13H,2-5,8H2,1H3. The molecule has 2 heterocycles. The normalized spacial score (nSPS) is 18.0. The van der Waals surface area contributed by atoms with Gasteiger partial charge in [-0.1, -0.05) is 0 Å². The zero-order valence-corrected chi connectivity index (χ0v) is 10.5. The van der Waals surface area contributed by atoms with Gasteiger partial charge in [0.1, 0.15) is 0 Å². The van der Waals surface area contributed by atoms with Crippen molar-refractivity contribution in [2.75, 3.05) is 26.2 Å². The van der Waals surface area contributed by atoms with Crippen LogP contribution in [0, 0.1) is 6.92 Å². The number of hydrogen-bond donors (Lipinski definition) is 1. The van der Waals surface area contributed by atoms with E-state index in [1.54, 1.807) is 0 Å². The number of nitrogens with zero attached hydrogens (tertiary/aromatic N) is 2. The molecule has 0 atom stereocenters. The Morgan fingerprint density at radius 2 is 2.20 bits per heavy atom. The van der Waals surface area contributed by atoms with Crippen LogP contribution in [0.3, 0.4) is 0 Å². The van der Waals surface area contributed by atoms with Crippen LogP contribution in [0.2, 0.25) is 0 Å². The molecule has 0 bridgehead atoms. The first-order chi connectivity index (χ1) is 7.25. The maximum Gasteiger partial charge on any atom is 0.0547 e. The summed E-state index contributed by atoms with van der Waals surface area (Å²) >= 11 is 3.47. The first-order valence-electron chi connectivity index (χ1n) is 5.30. The Hall–Kier alpha value is -0.450. The van der Waals surface area contributed by atoms with Crippen molar-refractivity contribution in [3.63, 3.8) is 0 Å². The van der Waals surface area contributed by atoms with E-state index in [2.05, 4.69) is 44.1 Å². The molecule has 0 aliphatic carbocycles. The monoisotopic (exact) mass is 269 g/mol. The quantitative estimate of drug-likeness (QED) is 0.884. The molecular weight excluding hydrogens is 254 g/mol. The summed E-state index contributed by atoms with van der Waals surface area (Å²) in [6, 6.07) is 2.16. The minimum Gasteiger partial charge on any atom is -0.314 e. The molecule has 15 heavy (non-hydrogen) atoms. The van der Waals surface area contributed by atoms with E-state index in [0.717, 1.165) is 42.9 Å². The van der Waals surface area contributed by atoms with Crippen molar-refractivity contribution in [2.24, 2.45) is 0 Å². The van der Waals surface area contributed by atoms with Crippen LogP contribution in [-0.2, 0) is 6.54 Å². The van der Waals surface area contributed by atoms with Gasteiger partial charge in [0.05, 0.1) is 5.69 Å². The predicted octanol–water partition coefficient (Wildman–Crippen LogP) is 1.56. The number of nitrogens with one attached hydrogen (secondary N) is 1. The van der Waals surface area contributed by atoms with E-state index in [1.807, 2.05) is 6.20 Å². The molecule has 4 heteroatoms. The van der Waals surface area contributed by atoms with Gasteiger partial charge in [-0.05, 0) is 34.5 Å². The van der Waals surface area contributed by atoms with Crippen LogP contribution in [0.4, 0.5) is 0 Å². The molecule has 0 aromatic carbocycles. The van der Waals surface area contributed by atoms with Gasteiger partial charge in [-0.25, -0.2) is 0 Å². The fourth-order valence-corrected chi connectivity index (χ4v) is 2.00. The summed E-state index contributed by atoms with van der Waals surface area (Å²) in [5, 5.41) is 3.35. The van der Waals surface area contributed by atoms with E-state index >= 15 is 0 Å². The Labute approximate surface area is 99.0 Å². The zero-order chi connectivity index (χ0) is 10.7. The van der Waals surface area contributed by atoms with Gasteiger partial charge in [-0.2, -0.15) is 0 Å². The van der Waals surface area contributed by atoms with Crippen LogP contribution in [0.5, 0.6) is 0 Å². The summed E-state index contributed by atoms with van der Waals surface area (Å²) in [5.41, 5.74) is 2.42. The van der Waals surface area contributed by atoms with Gasteiger partial charge < -0.3 is 5.32 Å². The molecule has 3 nitrogen and oxygen atoms in total. The smallest absolute Gasteiger partial charge is 0.0547 e. The molecule has 82 valence electrons. The van der Waals surface area contributed by atoms with Crippen molar-refractivity contribution < 1.29 is 0 Å². The van der Waals surface area contributed by atoms with Crippen molar-refractivity contribution >= 4 is 15.9 Å². The van der Waals surface area contributed by atoms with Crippen LogP contribution in [0.15, 0.2) is 16.7 Å². The summed E-state index contributed by atoms with van der Waals surface area (Å²) in [6.45, 7) is 7.50. The molecule has 1 aliphatic heterocycles. The number of halogens is 1. The molecule has 0 spiro atoms.